The summed E-state index contributed by atoms with van der Waals surface area (Å²) in [7, 11) is 0. The molecular formula is C4H9BrS. The Kier molecular flexibility index (Phi) is 4.56. The van der Waals surface area contributed by atoms with Crippen LogP contribution in [-0.4, -0.2) is 10.6 Å². The first-order valence-corrected chi connectivity index (χ1v) is 3.61. The summed E-state index contributed by atoms with van der Waals surface area (Å²) < 4.78 is 0. The van der Waals surface area contributed by atoms with Crippen LogP contribution in [0.4, 0.5) is 0 Å². The van der Waals surface area contributed by atoms with Gasteiger partial charge in [-0.2, -0.15) is 12.6 Å². The predicted octanol–water partition coefficient (Wildman–Crippen LogP) is 2.09. The highest BCUT2D eigenvalue weighted by molar-refractivity contribution is 9.09. The molecule has 0 aliphatic carbocycles. The minimum absolute atomic E-state index is 0.612. The fourth-order valence-corrected chi connectivity index (χ4v) is 0.387. The largest absolute Gasteiger partial charge is 0.178 e. The lowest BCUT2D eigenvalue weighted by Gasteiger charge is -1.95. The summed E-state index contributed by atoms with van der Waals surface area (Å²) in [6.07, 6.45) is 1.17. The highest BCUT2D eigenvalue weighted by atomic mass is 79.9. The standard InChI is InChI=1S/C4H9BrS/c1-2-4(5)3-6/h4,6H,2-3H2,1H3. The van der Waals surface area contributed by atoms with Crippen molar-refractivity contribution in [1.29, 1.82) is 0 Å². The molecule has 0 heterocycles. The lowest BCUT2D eigenvalue weighted by molar-refractivity contribution is 0.934. The molecule has 2 heteroatoms. The third kappa shape index (κ3) is 3.04. The molecule has 0 fully saturated rings. The number of halogens is 1. The van der Waals surface area contributed by atoms with E-state index in [0.29, 0.717) is 4.83 Å². The fraction of sp³-hybridized carbons (Fsp3) is 1.00. The van der Waals surface area contributed by atoms with Gasteiger partial charge >= 0.3 is 0 Å². The summed E-state index contributed by atoms with van der Waals surface area (Å²) in [5.74, 6) is 0.941. The molecule has 0 aliphatic rings. The zero-order valence-corrected chi connectivity index (χ0v) is 6.30. The van der Waals surface area contributed by atoms with E-state index >= 15 is 0 Å². The van der Waals surface area contributed by atoms with Crippen LogP contribution in [-0.2, 0) is 0 Å². The Morgan fingerprint density at radius 3 is 2.33 bits per heavy atom. The molecular weight excluding hydrogens is 160 g/mol. The first-order valence-electron chi connectivity index (χ1n) is 2.06. The van der Waals surface area contributed by atoms with Crippen LogP contribution in [0, 0.1) is 0 Å². The minimum Gasteiger partial charge on any atom is -0.178 e. The third-order valence-corrected chi connectivity index (χ3v) is 2.55. The van der Waals surface area contributed by atoms with E-state index < -0.39 is 0 Å². The van der Waals surface area contributed by atoms with Crippen molar-refractivity contribution >= 4 is 28.6 Å². The van der Waals surface area contributed by atoms with Crippen LogP contribution in [0.3, 0.4) is 0 Å². The maximum Gasteiger partial charge on any atom is 0.0231 e. The van der Waals surface area contributed by atoms with E-state index in [1.54, 1.807) is 0 Å². The Balaban J connectivity index is 2.75. The highest BCUT2D eigenvalue weighted by Gasteiger charge is 1.91. The van der Waals surface area contributed by atoms with Crippen LogP contribution in [0.1, 0.15) is 13.3 Å². The Hall–Kier alpha value is 0.830. The van der Waals surface area contributed by atoms with Crippen LogP contribution < -0.4 is 0 Å². The molecule has 0 radical (unpaired) electrons. The van der Waals surface area contributed by atoms with Crippen molar-refractivity contribution in [2.75, 3.05) is 5.75 Å². The molecule has 0 rings (SSSR count). The number of rotatable bonds is 2. The van der Waals surface area contributed by atoms with E-state index in [9.17, 15) is 0 Å². The zero-order valence-electron chi connectivity index (χ0n) is 3.82. The van der Waals surface area contributed by atoms with Gasteiger partial charge in [-0.1, -0.05) is 22.9 Å². The maximum atomic E-state index is 4.05. The van der Waals surface area contributed by atoms with Crippen LogP contribution in [0.25, 0.3) is 0 Å². The molecule has 0 bridgehead atoms. The van der Waals surface area contributed by atoms with Gasteiger partial charge in [0.1, 0.15) is 0 Å². The number of thiol groups is 1. The number of alkyl halides is 1. The maximum absolute atomic E-state index is 4.05. The van der Waals surface area contributed by atoms with Gasteiger partial charge in [0.15, 0.2) is 0 Å². The topological polar surface area (TPSA) is 0 Å². The highest BCUT2D eigenvalue weighted by Crippen LogP contribution is 2.04. The quantitative estimate of drug-likeness (QED) is 0.474. The van der Waals surface area contributed by atoms with E-state index in [0.717, 1.165) is 5.75 Å². The van der Waals surface area contributed by atoms with Crippen molar-refractivity contribution in [3.05, 3.63) is 0 Å². The van der Waals surface area contributed by atoms with Crippen molar-refractivity contribution in [1.82, 2.24) is 0 Å². The van der Waals surface area contributed by atoms with Crippen LogP contribution in [0.2, 0.25) is 0 Å². The summed E-state index contributed by atoms with van der Waals surface area (Å²) in [5.41, 5.74) is 0. The van der Waals surface area contributed by atoms with Crippen LogP contribution in [0.15, 0.2) is 0 Å². The van der Waals surface area contributed by atoms with Gasteiger partial charge in [-0.05, 0) is 6.42 Å². The fourth-order valence-electron chi connectivity index (χ4n) is 0.129. The molecule has 38 valence electrons. The van der Waals surface area contributed by atoms with Crippen molar-refractivity contribution in [2.45, 2.75) is 18.2 Å². The molecule has 0 nitrogen and oxygen atoms in total. The van der Waals surface area contributed by atoms with Gasteiger partial charge in [-0.15, -0.1) is 0 Å². The summed E-state index contributed by atoms with van der Waals surface area (Å²) in [5, 5.41) is 0. The van der Waals surface area contributed by atoms with E-state index in [1.807, 2.05) is 0 Å². The lowest BCUT2D eigenvalue weighted by atomic mass is 10.4. The molecule has 0 spiro atoms. The Morgan fingerprint density at radius 1 is 1.83 bits per heavy atom. The van der Waals surface area contributed by atoms with E-state index in [4.69, 9.17) is 0 Å². The molecule has 0 aromatic carbocycles. The Morgan fingerprint density at radius 2 is 2.33 bits per heavy atom. The van der Waals surface area contributed by atoms with Gasteiger partial charge in [-0.25, -0.2) is 0 Å². The monoisotopic (exact) mass is 168 g/mol. The second kappa shape index (κ2) is 4.00. The molecule has 1 unspecified atom stereocenters. The molecule has 6 heavy (non-hydrogen) atoms. The molecule has 1 atom stereocenters. The van der Waals surface area contributed by atoms with Gasteiger partial charge in [0.2, 0.25) is 0 Å². The molecule has 0 amide bonds. The molecule has 0 N–H and O–H groups in total. The average Bonchev–Trinajstić information content (AvgIpc) is 1.65. The van der Waals surface area contributed by atoms with E-state index in [-0.39, 0.29) is 0 Å². The SMILES string of the molecule is CCC(Br)CS. The second-order valence-corrected chi connectivity index (χ2v) is 2.85. The van der Waals surface area contributed by atoms with Crippen molar-refractivity contribution < 1.29 is 0 Å². The van der Waals surface area contributed by atoms with Crippen LogP contribution >= 0.6 is 28.6 Å². The molecule has 0 saturated carbocycles. The van der Waals surface area contributed by atoms with Crippen molar-refractivity contribution in [3.63, 3.8) is 0 Å². The summed E-state index contributed by atoms with van der Waals surface area (Å²) in [6.45, 7) is 2.13. The second-order valence-electron chi connectivity index (χ2n) is 1.19. The first-order chi connectivity index (χ1) is 2.81. The normalized spacial score (nSPS) is 14.5. The van der Waals surface area contributed by atoms with Gasteiger partial charge in [0, 0.05) is 10.6 Å². The Bertz CT molecular complexity index is 26.7. The number of hydrogen-bond acceptors (Lipinski definition) is 1. The van der Waals surface area contributed by atoms with Gasteiger partial charge < -0.3 is 0 Å². The van der Waals surface area contributed by atoms with Gasteiger partial charge in [0.05, 0.1) is 0 Å². The smallest absolute Gasteiger partial charge is 0.0231 e. The van der Waals surface area contributed by atoms with E-state index in [2.05, 4.69) is 35.5 Å². The zero-order chi connectivity index (χ0) is 4.99. The first kappa shape index (κ1) is 6.83. The van der Waals surface area contributed by atoms with Gasteiger partial charge in [0.25, 0.3) is 0 Å². The third-order valence-electron chi connectivity index (χ3n) is 0.641. The molecule has 0 saturated heterocycles. The molecule has 0 aromatic rings. The Labute approximate surface area is 52.9 Å². The predicted molar refractivity (Wildman–Crippen MR) is 36.9 cm³/mol. The van der Waals surface area contributed by atoms with Crippen molar-refractivity contribution in [3.8, 4) is 0 Å². The molecule has 0 aromatic heterocycles. The minimum atomic E-state index is 0.612. The summed E-state index contributed by atoms with van der Waals surface area (Å²) >= 11 is 7.45. The lowest BCUT2D eigenvalue weighted by Crippen LogP contribution is -1.93. The number of hydrogen-bond donors (Lipinski definition) is 1. The van der Waals surface area contributed by atoms with Gasteiger partial charge in [-0.3, -0.25) is 0 Å². The molecule has 0 aliphatic heterocycles. The summed E-state index contributed by atoms with van der Waals surface area (Å²) in [4.78, 5) is 0.612. The van der Waals surface area contributed by atoms with Crippen molar-refractivity contribution in [2.24, 2.45) is 0 Å². The van der Waals surface area contributed by atoms with E-state index in [1.165, 1.54) is 6.42 Å². The summed E-state index contributed by atoms with van der Waals surface area (Å²) in [6, 6.07) is 0. The average molecular weight is 169 g/mol. The van der Waals surface area contributed by atoms with Crippen LogP contribution in [0.5, 0.6) is 0 Å².